The van der Waals surface area contributed by atoms with Crippen molar-refractivity contribution in [1.29, 1.82) is 0 Å². The fourth-order valence-electron chi connectivity index (χ4n) is 1.70. The maximum atomic E-state index is 11.2. The first kappa shape index (κ1) is 11.5. The first-order valence-electron chi connectivity index (χ1n) is 5.61. The van der Waals surface area contributed by atoms with Crippen molar-refractivity contribution in [2.24, 2.45) is 0 Å². The average Bonchev–Trinajstić information content (AvgIpc) is 2.73. The molecule has 0 atom stereocenters. The predicted molar refractivity (Wildman–Crippen MR) is 65.6 cm³/mol. The van der Waals surface area contributed by atoms with Gasteiger partial charge in [0, 0.05) is 0 Å². The Hall–Kier alpha value is -1.97. The maximum absolute atomic E-state index is 11.2. The molecule has 0 saturated heterocycles. The van der Waals surface area contributed by atoms with E-state index in [0.29, 0.717) is 5.69 Å². The second kappa shape index (κ2) is 4.49. The van der Waals surface area contributed by atoms with E-state index in [1.807, 2.05) is 45.0 Å². The van der Waals surface area contributed by atoms with Gasteiger partial charge in [-0.15, -0.1) is 5.10 Å². The Bertz CT molecular complexity index is 526. The molecule has 0 aliphatic heterocycles. The highest BCUT2D eigenvalue weighted by Crippen LogP contribution is 2.18. The van der Waals surface area contributed by atoms with Crippen LogP contribution in [-0.2, 0) is 0 Å². The first-order chi connectivity index (χ1) is 8.13. The molecular formula is C13H15N3O. The third kappa shape index (κ3) is 2.11. The summed E-state index contributed by atoms with van der Waals surface area (Å²) in [5.74, 6) is 0.189. The molecule has 2 aromatic rings. The van der Waals surface area contributed by atoms with Gasteiger partial charge >= 0.3 is 0 Å². The van der Waals surface area contributed by atoms with Crippen molar-refractivity contribution in [3.8, 4) is 5.69 Å². The third-order valence-electron chi connectivity index (χ3n) is 2.67. The van der Waals surface area contributed by atoms with Crippen LogP contribution >= 0.6 is 0 Å². The molecule has 4 heteroatoms. The zero-order chi connectivity index (χ0) is 12.4. The van der Waals surface area contributed by atoms with Crippen molar-refractivity contribution in [2.75, 3.05) is 0 Å². The molecule has 0 aliphatic rings. The van der Waals surface area contributed by atoms with Crippen molar-refractivity contribution < 1.29 is 4.79 Å². The van der Waals surface area contributed by atoms with Gasteiger partial charge in [0.15, 0.2) is 6.29 Å². The lowest BCUT2D eigenvalue weighted by Crippen LogP contribution is -2.03. The van der Waals surface area contributed by atoms with Crippen molar-refractivity contribution in [1.82, 2.24) is 15.0 Å². The van der Waals surface area contributed by atoms with Crippen LogP contribution < -0.4 is 0 Å². The maximum Gasteiger partial charge on any atom is 0.170 e. The smallest absolute Gasteiger partial charge is 0.170 e. The van der Waals surface area contributed by atoms with Gasteiger partial charge in [0.25, 0.3) is 0 Å². The SMILES string of the molecule is Cc1ccc(-n2nnc(C(C)C)c2C=O)cc1. The quantitative estimate of drug-likeness (QED) is 0.760. The Morgan fingerprint density at radius 1 is 1.24 bits per heavy atom. The fourth-order valence-corrected chi connectivity index (χ4v) is 1.70. The van der Waals surface area contributed by atoms with E-state index in [1.54, 1.807) is 4.68 Å². The summed E-state index contributed by atoms with van der Waals surface area (Å²) >= 11 is 0. The monoisotopic (exact) mass is 229 g/mol. The minimum absolute atomic E-state index is 0.189. The fraction of sp³-hybridized carbons (Fsp3) is 0.308. The molecule has 0 bridgehead atoms. The standard InChI is InChI=1S/C13H15N3O/c1-9(2)13-12(8-17)16(15-14-13)11-6-4-10(3)5-7-11/h4-9H,1-3H3. The number of hydrogen-bond acceptors (Lipinski definition) is 3. The van der Waals surface area contributed by atoms with Gasteiger partial charge in [0.2, 0.25) is 0 Å². The molecule has 2 rings (SSSR count). The summed E-state index contributed by atoms with van der Waals surface area (Å²) in [4.78, 5) is 11.2. The number of hydrogen-bond donors (Lipinski definition) is 0. The normalized spacial score (nSPS) is 10.8. The molecule has 17 heavy (non-hydrogen) atoms. The summed E-state index contributed by atoms with van der Waals surface area (Å²) in [5.41, 5.74) is 3.30. The molecule has 1 aromatic carbocycles. The van der Waals surface area contributed by atoms with Crippen LogP contribution in [0.3, 0.4) is 0 Å². The summed E-state index contributed by atoms with van der Waals surface area (Å²) in [6, 6.07) is 7.84. The molecule has 0 unspecified atom stereocenters. The van der Waals surface area contributed by atoms with Gasteiger partial charge in [0.05, 0.1) is 11.4 Å². The number of benzene rings is 1. The highest BCUT2D eigenvalue weighted by molar-refractivity contribution is 5.75. The molecule has 0 N–H and O–H groups in total. The topological polar surface area (TPSA) is 47.8 Å². The summed E-state index contributed by atoms with van der Waals surface area (Å²) in [6.45, 7) is 6.01. The summed E-state index contributed by atoms with van der Waals surface area (Å²) < 4.78 is 1.59. The van der Waals surface area contributed by atoms with Crippen LogP contribution in [0, 0.1) is 6.92 Å². The minimum Gasteiger partial charge on any atom is -0.296 e. The molecule has 4 nitrogen and oxygen atoms in total. The average molecular weight is 229 g/mol. The van der Waals surface area contributed by atoms with Crippen LogP contribution in [0.25, 0.3) is 5.69 Å². The summed E-state index contributed by atoms with van der Waals surface area (Å²) in [7, 11) is 0. The Morgan fingerprint density at radius 2 is 1.88 bits per heavy atom. The van der Waals surface area contributed by atoms with E-state index >= 15 is 0 Å². The van der Waals surface area contributed by atoms with E-state index in [0.717, 1.165) is 17.7 Å². The van der Waals surface area contributed by atoms with Gasteiger partial charge in [-0.05, 0) is 25.0 Å². The molecule has 0 amide bonds. The van der Waals surface area contributed by atoms with Crippen LogP contribution in [0.5, 0.6) is 0 Å². The minimum atomic E-state index is 0.189. The Morgan fingerprint density at radius 3 is 2.41 bits per heavy atom. The molecule has 0 radical (unpaired) electrons. The van der Waals surface area contributed by atoms with Gasteiger partial charge in [-0.1, -0.05) is 36.8 Å². The Labute approximate surface area is 100 Å². The van der Waals surface area contributed by atoms with Crippen LogP contribution in [0.4, 0.5) is 0 Å². The third-order valence-corrected chi connectivity index (χ3v) is 2.67. The molecule has 0 saturated carbocycles. The van der Waals surface area contributed by atoms with Crippen molar-refractivity contribution in [2.45, 2.75) is 26.7 Å². The van der Waals surface area contributed by atoms with Gasteiger partial charge < -0.3 is 0 Å². The number of aldehydes is 1. The molecule has 0 spiro atoms. The Kier molecular flexibility index (Phi) is 3.04. The highest BCUT2D eigenvalue weighted by atomic mass is 16.1. The van der Waals surface area contributed by atoms with E-state index in [2.05, 4.69) is 10.3 Å². The van der Waals surface area contributed by atoms with Gasteiger partial charge in [-0.2, -0.15) is 0 Å². The van der Waals surface area contributed by atoms with Crippen molar-refractivity contribution >= 4 is 6.29 Å². The number of aryl methyl sites for hydroxylation is 1. The van der Waals surface area contributed by atoms with Crippen molar-refractivity contribution in [3.63, 3.8) is 0 Å². The number of carbonyl (C=O) groups excluding carboxylic acids is 1. The zero-order valence-electron chi connectivity index (χ0n) is 10.2. The lowest BCUT2D eigenvalue weighted by Gasteiger charge is -2.04. The van der Waals surface area contributed by atoms with E-state index in [9.17, 15) is 4.79 Å². The number of nitrogens with zero attached hydrogens (tertiary/aromatic N) is 3. The predicted octanol–water partition coefficient (Wildman–Crippen LogP) is 2.51. The van der Waals surface area contributed by atoms with E-state index in [-0.39, 0.29) is 5.92 Å². The van der Waals surface area contributed by atoms with Gasteiger partial charge in [-0.3, -0.25) is 4.79 Å². The van der Waals surface area contributed by atoms with Crippen LogP contribution in [0.15, 0.2) is 24.3 Å². The Balaban J connectivity index is 2.52. The number of aromatic nitrogens is 3. The number of rotatable bonds is 3. The molecule has 0 fully saturated rings. The second-order valence-corrected chi connectivity index (χ2v) is 4.38. The van der Waals surface area contributed by atoms with Crippen LogP contribution in [0.2, 0.25) is 0 Å². The molecule has 1 heterocycles. The molecule has 0 aliphatic carbocycles. The van der Waals surface area contributed by atoms with Crippen LogP contribution in [0.1, 0.15) is 41.5 Å². The van der Waals surface area contributed by atoms with Crippen LogP contribution in [-0.4, -0.2) is 21.3 Å². The van der Waals surface area contributed by atoms with E-state index in [1.165, 1.54) is 5.56 Å². The lowest BCUT2D eigenvalue weighted by molar-refractivity contribution is 0.111. The van der Waals surface area contributed by atoms with Gasteiger partial charge in [-0.25, -0.2) is 4.68 Å². The molecule has 88 valence electrons. The van der Waals surface area contributed by atoms with E-state index < -0.39 is 0 Å². The largest absolute Gasteiger partial charge is 0.296 e. The first-order valence-corrected chi connectivity index (χ1v) is 5.61. The van der Waals surface area contributed by atoms with Gasteiger partial charge in [0.1, 0.15) is 5.69 Å². The lowest BCUT2D eigenvalue weighted by atomic mass is 10.1. The number of carbonyl (C=O) groups is 1. The molecular weight excluding hydrogens is 214 g/mol. The summed E-state index contributed by atoms with van der Waals surface area (Å²) in [5, 5.41) is 8.11. The zero-order valence-corrected chi connectivity index (χ0v) is 10.2. The van der Waals surface area contributed by atoms with Crippen molar-refractivity contribution in [3.05, 3.63) is 41.2 Å². The van der Waals surface area contributed by atoms with E-state index in [4.69, 9.17) is 0 Å². The second-order valence-electron chi connectivity index (χ2n) is 4.38. The summed E-state index contributed by atoms with van der Waals surface area (Å²) in [6.07, 6.45) is 0.815. The highest BCUT2D eigenvalue weighted by Gasteiger charge is 2.15. The molecule has 1 aromatic heterocycles.